The second kappa shape index (κ2) is 7.35. The Bertz CT molecular complexity index is 336. The molecule has 0 amide bonds. The van der Waals surface area contributed by atoms with Crippen molar-refractivity contribution >= 4 is 0 Å². The minimum atomic E-state index is 0.869. The van der Waals surface area contributed by atoms with E-state index in [2.05, 4.69) is 48.1 Å². The lowest BCUT2D eigenvalue weighted by Crippen LogP contribution is -2.18. The molecule has 0 radical (unpaired) electrons. The van der Waals surface area contributed by atoms with Crippen molar-refractivity contribution in [2.24, 2.45) is 0 Å². The van der Waals surface area contributed by atoms with Crippen LogP contribution in [0.2, 0.25) is 0 Å². The van der Waals surface area contributed by atoms with Crippen LogP contribution < -0.4 is 5.32 Å². The number of aryl methyl sites for hydroxylation is 1. The van der Waals surface area contributed by atoms with E-state index in [0.717, 1.165) is 38.3 Å². The fourth-order valence-corrected chi connectivity index (χ4v) is 1.64. The highest BCUT2D eigenvalue weighted by Crippen LogP contribution is 2.07. The van der Waals surface area contributed by atoms with Crippen LogP contribution in [0.3, 0.4) is 0 Å². The Kier molecular flexibility index (Phi) is 6.08. The predicted molar refractivity (Wildman–Crippen MR) is 71.0 cm³/mol. The molecule has 0 saturated carbocycles. The van der Waals surface area contributed by atoms with Crippen molar-refractivity contribution in [2.45, 2.75) is 33.2 Å². The Hall–Kier alpha value is -1.00. The van der Waals surface area contributed by atoms with Crippen molar-refractivity contribution in [1.29, 1.82) is 0 Å². The Morgan fingerprint density at radius 2 is 2.06 bits per heavy atom. The van der Waals surface area contributed by atoms with Crippen LogP contribution in [0.1, 0.15) is 30.9 Å². The van der Waals surface area contributed by atoms with Gasteiger partial charge in [-0.05, 0) is 27.1 Å². The summed E-state index contributed by atoms with van der Waals surface area (Å²) in [6.07, 6.45) is 3.86. The second-order valence-corrected chi connectivity index (χ2v) is 4.45. The molecule has 4 nitrogen and oxygen atoms in total. The summed E-state index contributed by atoms with van der Waals surface area (Å²) in [5.41, 5.74) is 2.40. The molecule has 0 aliphatic heterocycles. The molecule has 17 heavy (non-hydrogen) atoms. The van der Waals surface area contributed by atoms with E-state index in [1.54, 1.807) is 0 Å². The fraction of sp³-hybridized carbons (Fsp3) is 0.692. The molecular formula is C13H24N4. The van der Waals surface area contributed by atoms with E-state index in [1.165, 1.54) is 11.3 Å². The largest absolute Gasteiger partial charge is 0.313 e. The van der Waals surface area contributed by atoms with Gasteiger partial charge in [0.1, 0.15) is 5.82 Å². The van der Waals surface area contributed by atoms with Crippen molar-refractivity contribution in [3.8, 4) is 0 Å². The van der Waals surface area contributed by atoms with Crippen molar-refractivity contribution in [3.63, 3.8) is 0 Å². The molecule has 0 aliphatic rings. The highest BCUT2D eigenvalue weighted by molar-refractivity contribution is 5.17. The number of likely N-dealkylation sites (N-methyl/N-ethyl adjacent to an activating group) is 1. The molecule has 0 spiro atoms. The van der Waals surface area contributed by atoms with Gasteiger partial charge >= 0.3 is 0 Å². The summed E-state index contributed by atoms with van der Waals surface area (Å²) in [4.78, 5) is 11.2. The van der Waals surface area contributed by atoms with Gasteiger partial charge in [0.05, 0.1) is 0 Å². The number of nitrogens with zero attached hydrogens (tertiary/aromatic N) is 3. The topological polar surface area (TPSA) is 41.1 Å². The molecule has 1 aromatic rings. The van der Waals surface area contributed by atoms with Gasteiger partial charge in [0.2, 0.25) is 0 Å². The molecular weight excluding hydrogens is 212 g/mol. The van der Waals surface area contributed by atoms with E-state index in [-0.39, 0.29) is 0 Å². The minimum absolute atomic E-state index is 0.869. The molecule has 1 N–H and O–H groups in total. The third-order valence-electron chi connectivity index (χ3n) is 2.69. The van der Waals surface area contributed by atoms with Crippen LogP contribution in [0.4, 0.5) is 0 Å². The third-order valence-corrected chi connectivity index (χ3v) is 2.69. The van der Waals surface area contributed by atoms with Crippen LogP contribution in [-0.4, -0.2) is 42.1 Å². The first-order valence-corrected chi connectivity index (χ1v) is 6.36. The number of hydrogen-bond acceptors (Lipinski definition) is 4. The molecule has 4 heteroatoms. The number of nitrogens with one attached hydrogen (secondary N) is 1. The average molecular weight is 236 g/mol. The SMILES string of the molecule is CCNCc1cnc(CCN(C)C)nc1CC. The standard InChI is InChI=1S/C13H24N4/c1-5-12-11(9-14-6-2)10-15-13(16-12)7-8-17(3)4/h10,14H,5-9H2,1-4H3. The van der Waals surface area contributed by atoms with Gasteiger partial charge in [-0.25, -0.2) is 9.97 Å². The lowest BCUT2D eigenvalue weighted by Gasteiger charge is -2.11. The third kappa shape index (κ3) is 4.79. The maximum Gasteiger partial charge on any atom is 0.129 e. The number of hydrogen-bond donors (Lipinski definition) is 1. The Labute approximate surface area is 104 Å². The maximum atomic E-state index is 4.64. The summed E-state index contributed by atoms with van der Waals surface area (Å²) in [5.74, 6) is 0.954. The Morgan fingerprint density at radius 1 is 1.29 bits per heavy atom. The summed E-state index contributed by atoms with van der Waals surface area (Å²) in [7, 11) is 4.14. The lowest BCUT2D eigenvalue weighted by atomic mass is 10.2. The lowest BCUT2D eigenvalue weighted by molar-refractivity contribution is 0.409. The van der Waals surface area contributed by atoms with Crippen LogP contribution in [0.25, 0.3) is 0 Å². The number of rotatable bonds is 7. The zero-order valence-electron chi connectivity index (χ0n) is 11.5. The Balaban J connectivity index is 2.70. The molecule has 1 aromatic heterocycles. The summed E-state index contributed by atoms with van der Waals surface area (Å²) >= 11 is 0. The molecule has 0 aromatic carbocycles. The zero-order valence-corrected chi connectivity index (χ0v) is 11.5. The maximum absolute atomic E-state index is 4.64. The molecule has 96 valence electrons. The molecule has 0 bridgehead atoms. The molecule has 0 aliphatic carbocycles. The Morgan fingerprint density at radius 3 is 2.65 bits per heavy atom. The van der Waals surface area contributed by atoms with Gasteiger partial charge < -0.3 is 10.2 Å². The van der Waals surface area contributed by atoms with E-state index < -0.39 is 0 Å². The first-order valence-electron chi connectivity index (χ1n) is 6.36. The summed E-state index contributed by atoms with van der Waals surface area (Å²) < 4.78 is 0. The number of aromatic nitrogens is 2. The monoisotopic (exact) mass is 236 g/mol. The summed E-state index contributed by atoms with van der Waals surface area (Å²) in [6.45, 7) is 7.10. The highest BCUT2D eigenvalue weighted by Gasteiger charge is 2.05. The minimum Gasteiger partial charge on any atom is -0.313 e. The summed E-state index contributed by atoms with van der Waals surface area (Å²) in [6, 6.07) is 0. The molecule has 0 fully saturated rings. The van der Waals surface area contributed by atoms with E-state index in [4.69, 9.17) is 0 Å². The normalized spacial score (nSPS) is 11.1. The predicted octanol–water partition coefficient (Wildman–Crippen LogP) is 1.25. The second-order valence-electron chi connectivity index (χ2n) is 4.45. The highest BCUT2D eigenvalue weighted by atomic mass is 15.1. The van der Waals surface area contributed by atoms with Gasteiger partial charge in [0, 0.05) is 37.0 Å². The first-order chi connectivity index (χ1) is 8.17. The fourth-order valence-electron chi connectivity index (χ4n) is 1.64. The zero-order chi connectivity index (χ0) is 12.7. The van der Waals surface area contributed by atoms with E-state index in [1.807, 2.05) is 6.20 Å². The van der Waals surface area contributed by atoms with E-state index in [9.17, 15) is 0 Å². The molecule has 1 rings (SSSR count). The van der Waals surface area contributed by atoms with Gasteiger partial charge in [-0.3, -0.25) is 0 Å². The van der Waals surface area contributed by atoms with Crippen LogP contribution in [-0.2, 0) is 19.4 Å². The van der Waals surface area contributed by atoms with Crippen molar-refractivity contribution in [1.82, 2.24) is 20.2 Å². The van der Waals surface area contributed by atoms with Gasteiger partial charge in [-0.15, -0.1) is 0 Å². The average Bonchev–Trinajstić information content (AvgIpc) is 2.34. The van der Waals surface area contributed by atoms with Gasteiger partial charge in [0.25, 0.3) is 0 Å². The quantitative estimate of drug-likeness (QED) is 0.773. The van der Waals surface area contributed by atoms with E-state index >= 15 is 0 Å². The van der Waals surface area contributed by atoms with Gasteiger partial charge in [0.15, 0.2) is 0 Å². The molecule has 0 atom stereocenters. The van der Waals surface area contributed by atoms with Crippen LogP contribution in [0.15, 0.2) is 6.20 Å². The summed E-state index contributed by atoms with van der Waals surface area (Å²) in [5, 5.41) is 3.32. The molecule has 0 saturated heterocycles. The van der Waals surface area contributed by atoms with Crippen LogP contribution >= 0.6 is 0 Å². The van der Waals surface area contributed by atoms with E-state index in [0.29, 0.717) is 0 Å². The van der Waals surface area contributed by atoms with Crippen LogP contribution in [0, 0.1) is 0 Å². The molecule has 0 unspecified atom stereocenters. The van der Waals surface area contributed by atoms with Crippen molar-refractivity contribution < 1.29 is 0 Å². The first kappa shape index (κ1) is 14.1. The van der Waals surface area contributed by atoms with Crippen LogP contribution in [0.5, 0.6) is 0 Å². The van der Waals surface area contributed by atoms with Gasteiger partial charge in [-0.1, -0.05) is 13.8 Å². The van der Waals surface area contributed by atoms with Crippen molar-refractivity contribution in [3.05, 3.63) is 23.3 Å². The van der Waals surface area contributed by atoms with Gasteiger partial charge in [-0.2, -0.15) is 0 Å². The van der Waals surface area contributed by atoms with Crippen molar-refractivity contribution in [2.75, 3.05) is 27.2 Å². The smallest absolute Gasteiger partial charge is 0.129 e. The molecule has 1 heterocycles.